The minimum atomic E-state index is -0.618. The van der Waals surface area contributed by atoms with Crippen LogP contribution in [0.25, 0.3) is 6.08 Å². The zero-order valence-corrected chi connectivity index (χ0v) is 14.8. The molecule has 0 unspecified atom stereocenters. The number of rotatable bonds is 5. The number of hydrogen-bond acceptors (Lipinski definition) is 5. The Morgan fingerprint density at radius 1 is 1.24 bits per heavy atom. The molecule has 2 heterocycles. The van der Waals surface area contributed by atoms with Crippen molar-refractivity contribution in [2.45, 2.75) is 6.42 Å². The number of esters is 1. The quantitative estimate of drug-likeness (QED) is 0.568. The van der Waals surface area contributed by atoms with Gasteiger partial charge in [0.15, 0.2) is 11.3 Å². The van der Waals surface area contributed by atoms with Crippen molar-refractivity contribution < 1.29 is 18.7 Å². The molecule has 3 rings (SSSR count). The Morgan fingerprint density at radius 3 is 2.76 bits per heavy atom. The topological polar surface area (TPSA) is 72.1 Å². The first-order valence-corrected chi connectivity index (χ1v) is 8.44. The van der Waals surface area contributed by atoms with Gasteiger partial charge in [-0.25, -0.2) is 9.80 Å². The summed E-state index contributed by atoms with van der Waals surface area (Å²) in [5.74, 6) is -0.465. The largest absolute Gasteiger partial charge is 0.452 e. The van der Waals surface area contributed by atoms with E-state index in [9.17, 15) is 9.59 Å². The predicted octanol–water partition coefficient (Wildman–Crippen LogP) is 3.24. The summed E-state index contributed by atoms with van der Waals surface area (Å²) < 4.78 is 10.7. The van der Waals surface area contributed by atoms with Crippen LogP contribution in [0.5, 0.6) is 0 Å². The average molecular weight is 403 g/mol. The van der Waals surface area contributed by atoms with Gasteiger partial charge in [-0.05, 0) is 39.7 Å². The Labute approximate surface area is 152 Å². The van der Waals surface area contributed by atoms with Crippen molar-refractivity contribution in [1.29, 1.82) is 0 Å². The zero-order chi connectivity index (χ0) is 17.6. The van der Waals surface area contributed by atoms with E-state index in [1.54, 1.807) is 12.1 Å². The van der Waals surface area contributed by atoms with Gasteiger partial charge in [0.25, 0.3) is 5.91 Å². The fourth-order valence-electron chi connectivity index (χ4n) is 2.29. The van der Waals surface area contributed by atoms with E-state index in [1.807, 2.05) is 30.3 Å². The third-order valence-corrected chi connectivity index (χ3v) is 3.94. The average Bonchev–Trinajstić information content (AvgIpc) is 3.28. The number of amides is 1. The van der Waals surface area contributed by atoms with Gasteiger partial charge < -0.3 is 9.15 Å². The molecule has 1 aliphatic rings. The van der Waals surface area contributed by atoms with Crippen molar-refractivity contribution in [3.63, 3.8) is 0 Å². The van der Waals surface area contributed by atoms with Crippen LogP contribution in [0.15, 0.2) is 62.7 Å². The molecule has 2 aromatic rings. The molecule has 25 heavy (non-hydrogen) atoms. The number of nitrogens with zero attached hydrogens (tertiary/aromatic N) is 2. The summed E-state index contributed by atoms with van der Waals surface area (Å²) in [5, 5.41) is 5.64. The molecule has 0 bridgehead atoms. The van der Waals surface area contributed by atoms with Gasteiger partial charge in [0.2, 0.25) is 0 Å². The number of ether oxygens (including phenoxy) is 1. The van der Waals surface area contributed by atoms with Gasteiger partial charge >= 0.3 is 5.97 Å². The molecule has 0 radical (unpaired) electrons. The van der Waals surface area contributed by atoms with Crippen molar-refractivity contribution >= 4 is 39.6 Å². The highest BCUT2D eigenvalue weighted by molar-refractivity contribution is 9.10. The maximum atomic E-state index is 12.1. The molecule has 7 heteroatoms. The molecule has 0 N–H and O–H groups in total. The molecule has 0 aliphatic carbocycles. The summed E-state index contributed by atoms with van der Waals surface area (Å²) in [4.78, 5) is 23.8. The number of furan rings is 1. The Morgan fingerprint density at radius 2 is 2.04 bits per heavy atom. The molecule has 0 fully saturated rings. The first-order chi connectivity index (χ1) is 12.1. The van der Waals surface area contributed by atoms with Gasteiger partial charge in [-0.1, -0.05) is 30.3 Å². The summed E-state index contributed by atoms with van der Waals surface area (Å²) in [5.41, 5.74) is 1.84. The third kappa shape index (κ3) is 4.67. The standard InChI is InChI=1S/C18H15BrN2O4/c19-16-8-6-14(25-16)7-9-18(23)24-12-17(22)21-11-10-15(20-21)13-4-2-1-3-5-13/h1-9H,10-12H2/b9-7+. The van der Waals surface area contributed by atoms with E-state index in [4.69, 9.17) is 9.15 Å². The summed E-state index contributed by atoms with van der Waals surface area (Å²) in [6.45, 7) is 0.132. The van der Waals surface area contributed by atoms with Crippen molar-refractivity contribution in [2.24, 2.45) is 5.10 Å². The van der Waals surface area contributed by atoms with E-state index in [1.165, 1.54) is 17.2 Å². The van der Waals surface area contributed by atoms with Crippen LogP contribution < -0.4 is 0 Å². The summed E-state index contributed by atoms with van der Waals surface area (Å²) in [6.07, 6.45) is 3.36. The molecule has 128 valence electrons. The minimum absolute atomic E-state index is 0.351. The summed E-state index contributed by atoms with van der Waals surface area (Å²) >= 11 is 3.17. The molecular formula is C18H15BrN2O4. The second-order valence-corrected chi connectivity index (χ2v) is 6.04. The highest BCUT2D eigenvalue weighted by atomic mass is 79.9. The van der Waals surface area contributed by atoms with Crippen LogP contribution in [0.4, 0.5) is 0 Å². The molecule has 1 aliphatic heterocycles. The van der Waals surface area contributed by atoms with Crippen molar-refractivity contribution in [3.8, 4) is 0 Å². The van der Waals surface area contributed by atoms with Gasteiger partial charge in [0.1, 0.15) is 5.76 Å². The van der Waals surface area contributed by atoms with Crippen LogP contribution in [0, 0.1) is 0 Å². The van der Waals surface area contributed by atoms with E-state index in [-0.39, 0.29) is 12.5 Å². The highest BCUT2D eigenvalue weighted by Gasteiger charge is 2.22. The van der Waals surface area contributed by atoms with Crippen LogP contribution in [-0.2, 0) is 14.3 Å². The third-order valence-electron chi connectivity index (χ3n) is 3.51. The zero-order valence-electron chi connectivity index (χ0n) is 13.2. The maximum Gasteiger partial charge on any atom is 0.331 e. The predicted molar refractivity (Wildman–Crippen MR) is 95.7 cm³/mol. The second-order valence-electron chi connectivity index (χ2n) is 5.26. The number of hydrazone groups is 1. The molecule has 1 aromatic heterocycles. The van der Waals surface area contributed by atoms with Gasteiger partial charge in [-0.15, -0.1) is 0 Å². The van der Waals surface area contributed by atoms with Crippen LogP contribution in [0.3, 0.4) is 0 Å². The monoisotopic (exact) mass is 402 g/mol. The van der Waals surface area contributed by atoms with Gasteiger partial charge in [-0.3, -0.25) is 4.79 Å². The fourth-order valence-corrected chi connectivity index (χ4v) is 2.61. The van der Waals surface area contributed by atoms with Gasteiger partial charge in [0, 0.05) is 12.5 Å². The normalized spacial score (nSPS) is 14.0. The number of carbonyl (C=O) groups excluding carboxylic acids is 2. The Bertz CT molecular complexity index is 827. The molecule has 1 aromatic carbocycles. The van der Waals surface area contributed by atoms with E-state index >= 15 is 0 Å². The van der Waals surface area contributed by atoms with E-state index in [0.29, 0.717) is 23.4 Å². The molecule has 0 saturated heterocycles. The molecule has 0 spiro atoms. The van der Waals surface area contributed by atoms with Crippen LogP contribution in [0.2, 0.25) is 0 Å². The van der Waals surface area contributed by atoms with Crippen molar-refractivity contribution in [3.05, 3.63) is 64.5 Å². The molecular weight excluding hydrogens is 388 g/mol. The lowest BCUT2D eigenvalue weighted by Crippen LogP contribution is -2.28. The number of carbonyl (C=O) groups is 2. The number of halogens is 1. The summed E-state index contributed by atoms with van der Waals surface area (Å²) in [6, 6.07) is 13.1. The molecule has 0 atom stereocenters. The van der Waals surface area contributed by atoms with Gasteiger partial charge in [0.05, 0.1) is 12.3 Å². The van der Waals surface area contributed by atoms with Crippen molar-refractivity contribution in [2.75, 3.05) is 13.2 Å². The fraction of sp³-hybridized carbons (Fsp3) is 0.167. The minimum Gasteiger partial charge on any atom is -0.452 e. The van der Waals surface area contributed by atoms with Crippen molar-refractivity contribution in [1.82, 2.24) is 5.01 Å². The van der Waals surface area contributed by atoms with Crippen LogP contribution in [0.1, 0.15) is 17.7 Å². The molecule has 0 saturated carbocycles. The second kappa shape index (κ2) is 7.94. The number of hydrogen-bond donors (Lipinski definition) is 0. The van der Waals surface area contributed by atoms with Crippen LogP contribution in [-0.4, -0.2) is 35.7 Å². The van der Waals surface area contributed by atoms with E-state index in [0.717, 1.165) is 11.3 Å². The lowest BCUT2D eigenvalue weighted by atomic mass is 10.1. The number of benzene rings is 1. The lowest BCUT2D eigenvalue weighted by molar-refractivity contribution is -0.147. The summed E-state index contributed by atoms with van der Waals surface area (Å²) in [7, 11) is 0. The first-order valence-electron chi connectivity index (χ1n) is 7.65. The molecule has 1 amide bonds. The Hall–Kier alpha value is -2.67. The molecule has 6 nitrogen and oxygen atoms in total. The van der Waals surface area contributed by atoms with Crippen LogP contribution >= 0.6 is 15.9 Å². The Kier molecular flexibility index (Phi) is 5.45. The first kappa shape index (κ1) is 17.2. The SMILES string of the molecule is O=C(/C=C/c1ccc(Br)o1)OCC(=O)N1CCC(c2ccccc2)=N1. The van der Waals surface area contributed by atoms with E-state index < -0.39 is 5.97 Å². The highest BCUT2D eigenvalue weighted by Crippen LogP contribution is 2.15. The van der Waals surface area contributed by atoms with Gasteiger partial charge in [-0.2, -0.15) is 5.10 Å². The maximum absolute atomic E-state index is 12.1. The Balaban J connectivity index is 1.50. The lowest BCUT2D eigenvalue weighted by Gasteiger charge is -2.10. The smallest absolute Gasteiger partial charge is 0.331 e. The van der Waals surface area contributed by atoms with E-state index in [2.05, 4.69) is 21.0 Å².